The molecule has 1 aliphatic heterocycles. The quantitative estimate of drug-likeness (QED) is 0.931. The molecule has 1 N–H and O–H groups in total. The van der Waals surface area contributed by atoms with Gasteiger partial charge in [-0.05, 0) is 25.0 Å². The van der Waals surface area contributed by atoms with Gasteiger partial charge in [-0.15, -0.1) is 0 Å². The number of nitrogens with one attached hydrogen (secondary N) is 1. The van der Waals surface area contributed by atoms with Gasteiger partial charge in [0.1, 0.15) is 0 Å². The van der Waals surface area contributed by atoms with E-state index >= 15 is 0 Å². The summed E-state index contributed by atoms with van der Waals surface area (Å²) in [6.07, 6.45) is 2.04. The summed E-state index contributed by atoms with van der Waals surface area (Å²) in [5.74, 6) is -0.0625. The second-order valence-corrected chi connectivity index (χ2v) is 5.79. The molecular formula is C16H16ClN3O3. The molecule has 2 heterocycles. The van der Waals surface area contributed by atoms with E-state index in [0.29, 0.717) is 10.8 Å². The molecule has 2 amide bonds. The Morgan fingerprint density at radius 3 is 2.78 bits per heavy atom. The molecule has 23 heavy (non-hydrogen) atoms. The molecule has 0 atom stereocenters. The van der Waals surface area contributed by atoms with Crippen molar-refractivity contribution in [2.45, 2.75) is 12.8 Å². The molecular weight excluding hydrogens is 318 g/mol. The first-order valence-electron chi connectivity index (χ1n) is 7.42. The SMILES string of the molecule is O=C(NCC(=O)N1CCCC1)c1cc(-c2cccc(Cl)c2)on1. The molecule has 2 aromatic rings. The van der Waals surface area contributed by atoms with Gasteiger partial charge in [0.05, 0.1) is 6.54 Å². The highest BCUT2D eigenvalue weighted by molar-refractivity contribution is 6.30. The van der Waals surface area contributed by atoms with Crippen molar-refractivity contribution in [1.82, 2.24) is 15.4 Å². The lowest BCUT2D eigenvalue weighted by molar-refractivity contribution is -0.129. The van der Waals surface area contributed by atoms with Gasteiger partial charge in [-0.25, -0.2) is 0 Å². The highest BCUT2D eigenvalue weighted by Gasteiger charge is 2.19. The third kappa shape index (κ3) is 3.71. The summed E-state index contributed by atoms with van der Waals surface area (Å²) in [5.41, 5.74) is 0.867. The summed E-state index contributed by atoms with van der Waals surface area (Å²) >= 11 is 5.93. The number of carbonyl (C=O) groups is 2. The normalized spacial score (nSPS) is 14.0. The Morgan fingerprint density at radius 2 is 2.04 bits per heavy atom. The monoisotopic (exact) mass is 333 g/mol. The minimum atomic E-state index is -0.436. The Balaban J connectivity index is 1.61. The average Bonchev–Trinajstić information content (AvgIpc) is 3.23. The molecule has 6 nitrogen and oxygen atoms in total. The fraction of sp³-hybridized carbons (Fsp3) is 0.312. The van der Waals surface area contributed by atoms with Crippen LogP contribution in [0.4, 0.5) is 0 Å². The number of aromatic nitrogens is 1. The van der Waals surface area contributed by atoms with Crippen LogP contribution in [0.15, 0.2) is 34.9 Å². The molecule has 7 heteroatoms. The highest BCUT2D eigenvalue weighted by atomic mass is 35.5. The molecule has 0 saturated carbocycles. The number of hydrogen-bond donors (Lipinski definition) is 1. The summed E-state index contributed by atoms with van der Waals surface area (Å²) in [4.78, 5) is 25.7. The number of carbonyl (C=O) groups excluding carboxylic acids is 2. The number of rotatable bonds is 4. The lowest BCUT2D eigenvalue weighted by Gasteiger charge is -2.14. The number of hydrogen-bond acceptors (Lipinski definition) is 4. The van der Waals surface area contributed by atoms with Crippen LogP contribution >= 0.6 is 11.6 Å². The lowest BCUT2D eigenvalue weighted by atomic mass is 10.1. The van der Waals surface area contributed by atoms with Crippen molar-refractivity contribution in [3.63, 3.8) is 0 Å². The van der Waals surface area contributed by atoms with Gasteiger partial charge < -0.3 is 14.7 Å². The third-order valence-electron chi connectivity index (χ3n) is 3.71. The second-order valence-electron chi connectivity index (χ2n) is 5.36. The van der Waals surface area contributed by atoms with E-state index in [2.05, 4.69) is 10.5 Å². The van der Waals surface area contributed by atoms with E-state index in [4.69, 9.17) is 16.1 Å². The summed E-state index contributed by atoms with van der Waals surface area (Å²) in [6.45, 7) is 1.49. The molecule has 1 fully saturated rings. The Bertz CT molecular complexity index is 723. The van der Waals surface area contributed by atoms with Gasteiger partial charge in [-0.2, -0.15) is 0 Å². The van der Waals surface area contributed by atoms with Gasteiger partial charge in [0.2, 0.25) is 5.91 Å². The standard InChI is InChI=1S/C16H16ClN3O3/c17-12-5-3-4-11(8-12)14-9-13(19-23-14)16(22)18-10-15(21)20-6-1-2-7-20/h3-5,8-9H,1-2,6-7,10H2,(H,18,22). The molecule has 0 spiro atoms. The van der Waals surface area contributed by atoms with Crippen molar-refractivity contribution >= 4 is 23.4 Å². The van der Waals surface area contributed by atoms with E-state index in [9.17, 15) is 9.59 Å². The number of nitrogens with zero attached hydrogens (tertiary/aromatic N) is 2. The number of halogens is 1. The van der Waals surface area contributed by atoms with Crippen LogP contribution in [0.5, 0.6) is 0 Å². The zero-order valence-electron chi connectivity index (χ0n) is 12.4. The Hall–Kier alpha value is -2.34. The van der Waals surface area contributed by atoms with Gasteiger partial charge in [-0.1, -0.05) is 28.9 Å². The summed E-state index contributed by atoms with van der Waals surface area (Å²) in [5, 5.41) is 6.89. The summed E-state index contributed by atoms with van der Waals surface area (Å²) in [6, 6.07) is 8.60. The molecule has 1 aliphatic rings. The van der Waals surface area contributed by atoms with E-state index in [0.717, 1.165) is 31.5 Å². The van der Waals surface area contributed by atoms with Crippen LogP contribution in [0.3, 0.4) is 0 Å². The van der Waals surface area contributed by atoms with Crippen molar-refractivity contribution in [2.75, 3.05) is 19.6 Å². The molecule has 0 bridgehead atoms. The second kappa shape index (κ2) is 6.83. The molecule has 0 radical (unpaired) electrons. The van der Waals surface area contributed by atoms with E-state index in [-0.39, 0.29) is 18.1 Å². The van der Waals surface area contributed by atoms with Gasteiger partial charge in [-0.3, -0.25) is 9.59 Å². The van der Waals surface area contributed by atoms with E-state index < -0.39 is 5.91 Å². The van der Waals surface area contributed by atoms with Crippen LogP contribution in [-0.2, 0) is 4.79 Å². The van der Waals surface area contributed by atoms with Crippen molar-refractivity contribution < 1.29 is 14.1 Å². The molecule has 0 unspecified atom stereocenters. The maximum atomic E-state index is 12.0. The van der Waals surface area contributed by atoms with Gasteiger partial charge in [0.25, 0.3) is 5.91 Å². The van der Waals surface area contributed by atoms with Crippen molar-refractivity contribution in [3.05, 3.63) is 41.0 Å². The molecule has 1 aromatic carbocycles. The summed E-state index contributed by atoms with van der Waals surface area (Å²) in [7, 11) is 0. The van der Waals surface area contributed by atoms with Gasteiger partial charge in [0.15, 0.2) is 11.5 Å². The predicted molar refractivity (Wildman–Crippen MR) is 85.1 cm³/mol. The van der Waals surface area contributed by atoms with Crippen LogP contribution in [0, 0.1) is 0 Å². The van der Waals surface area contributed by atoms with Crippen LogP contribution < -0.4 is 5.32 Å². The maximum Gasteiger partial charge on any atom is 0.273 e. The van der Waals surface area contributed by atoms with E-state index in [1.165, 1.54) is 6.07 Å². The zero-order chi connectivity index (χ0) is 16.2. The number of benzene rings is 1. The maximum absolute atomic E-state index is 12.0. The zero-order valence-corrected chi connectivity index (χ0v) is 13.2. The average molecular weight is 334 g/mol. The van der Waals surface area contributed by atoms with Gasteiger partial charge in [0, 0.05) is 29.7 Å². The first-order chi connectivity index (χ1) is 11.1. The van der Waals surface area contributed by atoms with Crippen molar-refractivity contribution in [1.29, 1.82) is 0 Å². The predicted octanol–water partition coefficient (Wildman–Crippen LogP) is 2.35. The minimum absolute atomic E-state index is 0.0296. The third-order valence-corrected chi connectivity index (χ3v) is 3.95. The highest BCUT2D eigenvalue weighted by Crippen LogP contribution is 2.23. The lowest BCUT2D eigenvalue weighted by Crippen LogP contribution is -2.38. The number of amides is 2. The Kier molecular flexibility index (Phi) is 4.62. The van der Waals surface area contributed by atoms with Crippen LogP contribution in [0.2, 0.25) is 5.02 Å². The largest absolute Gasteiger partial charge is 0.355 e. The van der Waals surface area contributed by atoms with Gasteiger partial charge >= 0.3 is 0 Å². The Morgan fingerprint density at radius 1 is 1.26 bits per heavy atom. The minimum Gasteiger partial charge on any atom is -0.355 e. The van der Waals surface area contributed by atoms with Crippen molar-refractivity contribution in [2.24, 2.45) is 0 Å². The smallest absolute Gasteiger partial charge is 0.273 e. The molecule has 0 aliphatic carbocycles. The topological polar surface area (TPSA) is 75.4 Å². The first kappa shape index (κ1) is 15.6. The van der Waals surface area contributed by atoms with Crippen molar-refractivity contribution in [3.8, 4) is 11.3 Å². The summed E-state index contributed by atoms with van der Waals surface area (Å²) < 4.78 is 5.17. The molecule has 1 aromatic heterocycles. The van der Waals surface area contributed by atoms with Crippen LogP contribution in [0.1, 0.15) is 23.3 Å². The molecule has 3 rings (SSSR count). The fourth-order valence-corrected chi connectivity index (χ4v) is 2.68. The van der Waals surface area contributed by atoms with E-state index in [1.807, 2.05) is 6.07 Å². The van der Waals surface area contributed by atoms with Crippen LogP contribution in [0.25, 0.3) is 11.3 Å². The fourth-order valence-electron chi connectivity index (χ4n) is 2.48. The number of likely N-dealkylation sites (tertiary alicyclic amines) is 1. The Labute approximate surface area is 138 Å². The van der Waals surface area contributed by atoms with Crippen LogP contribution in [-0.4, -0.2) is 41.5 Å². The molecule has 1 saturated heterocycles. The molecule has 120 valence electrons. The first-order valence-corrected chi connectivity index (χ1v) is 7.80. The van der Waals surface area contributed by atoms with E-state index in [1.54, 1.807) is 23.1 Å².